The number of benzene rings is 2. The lowest BCUT2D eigenvalue weighted by Crippen LogP contribution is -2.11. The van der Waals surface area contributed by atoms with Crippen molar-refractivity contribution in [1.82, 2.24) is 9.78 Å². The zero-order valence-corrected chi connectivity index (χ0v) is 16.1. The molecule has 0 spiro atoms. The summed E-state index contributed by atoms with van der Waals surface area (Å²) in [5, 5.41) is 14.1. The number of methoxy groups -OCH3 is 1. The van der Waals surface area contributed by atoms with Crippen LogP contribution in [0.15, 0.2) is 72.4 Å². The molecule has 6 heteroatoms. The van der Waals surface area contributed by atoms with Gasteiger partial charge >= 0.3 is 5.97 Å². The summed E-state index contributed by atoms with van der Waals surface area (Å²) in [4.78, 5) is 12.2. The normalized spacial score (nSPS) is 11.1. The zero-order chi connectivity index (χ0) is 20.5. The number of aromatic nitrogens is 2. The van der Waals surface area contributed by atoms with Crippen LogP contribution in [0.3, 0.4) is 0 Å². The van der Waals surface area contributed by atoms with Crippen molar-refractivity contribution in [3.63, 3.8) is 0 Å². The standard InChI is InChI=1S/C23H21N3O3/c1-28-12-13-29-23(27)20(15-24)14-21-17-26(16-18-8-4-2-5-9-18)25-22(21)19-10-6-3-7-11-19/h2-11,14,17H,12-13,16H2,1H3/b20-14+. The number of carbonyl (C=O) groups is 1. The van der Waals surface area contributed by atoms with Gasteiger partial charge in [0.15, 0.2) is 0 Å². The van der Waals surface area contributed by atoms with Crippen LogP contribution in [0.5, 0.6) is 0 Å². The molecule has 0 aliphatic heterocycles. The molecule has 2 aromatic carbocycles. The topological polar surface area (TPSA) is 77.1 Å². The maximum atomic E-state index is 12.2. The van der Waals surface area contributed by atoms with Gasteiger partial charge in [-0.3, -0.25) is 4.68 Å². The van der Waals surface area contributed by atoms with Crippen LogP contribution in [0.4, 0.5) is 0 Å². The number of hydrogen-bond acceptors (Lipinski definition) is 5. The SMILES string of the molecule is COCCOC(=O)/C(C#N)=C/c1cn(Cc2ccccc2)nc1-c1ccccc1. The Morgan fingerprint density at radius 3 is 2.45 bits per heavy atom. The summed E-state index contributed by atoms with van der Waals surface area (Å²) in [6.07, 6.45) is 3.35. The average molecular weight is 387 g/mol. The van der Waals surface area contributed by atoms with Crippen molar-refractivity contribution < 1.29 is 14.3 Å². The van der Waals surface area contributed by atoms with E-state index >= 15 is 0 Å². The van der Waals surface area contributed by atoms with Crippen LogP contribution in [-0.2, 0) is 20.8 Å². The van der Waals surface area contributed by atoms with Crippen LogP contribution in [0.2, 0.25) is 0 Å². The van der Waals surface area contributed by atoms with Gasteiger partial charge < -0.3 is 9.47 Å². The minimum atomic E-state index is -0.681. The van der Waals surface area contributed by atoms with Gasteiger partial charge in [0.25, 0.3) is 0 Å². The molecule has 0 aliphatic rings. The second-order valence-electron chi connectivity index (χ2n) is 6.28. The van der Waals surface area contributed by atoms with Gasteiger partial charge in [0.2, 0.25) is 0 Å². The van der Waals surface area contributed by atoms with Crippen LogP contribution in [0.25, 0.3) is 17.3 Å². The van der Waals surface area contributed by atoms with Crippen molar-refractivity contribution in [1.29, 1.82) is 5.26 Å². The highest BCUT2D eigenvalue weighted by Gasteiger charge is 2.15. The monoisotopic (exact) mass is 387 g/mol. The fraction of sp³-hybridized carbons (Fsp3) is 0.174. The predicted octanol–water partition coefficient (Wildman–Crippen LogP) is 3.69. The second-order valence-corrected chi connectivity index (χ2v) is 6.28. The first kappa shape index (κ1) is 20.1. The first-order valence-corrected chi connectivity index (χ1v) is 9.16. The molecule has 0 aliphatic carbocycles. The number of rotatable bonds is 8. The van der Waals surface area contributed by atoms with E-state index in [1.807, 2.05) is 72.9 Å². The predicted molar refractivity (Wildman–Crippen MR) is 110 cm³/mol. The van der Waals surface area contributed by atoms with E-state index in [1.165, 1.54) is 13.2 Å². The number of nitriles is 1. The van der Waals surface area contributed by atoms with Gasteiger partial charge in [-0.1, -0.05) is 60.7 Å². The molecule has 1 aromatic heterocycles. The van der Waals surface area contributed by atoms with Gasteiger partial charge in [-0.2, -0.15) is 10.4 Å². The molecule has 0 amide bonds. The number of esters is 1. The number of nitrogens with zero attached hydrogens (tertiary/aromatic N) is 3. The molecule has 146 valence electrons. The van der Waals surface area contributed by atoms with Crippen LogP contribution in [-0.4, -0.2) is 36.1 Å². The molecule has 3 aromatic rings. The van der Waals surface area contributed by atoms with Gasteiger partial charge in [0, 0.05) is 24.4 Å². The van der Waals surface area contributed by atoms with Gasteiger partial charge in [-0.15, -0.1) is 0 Å². The summed E-state index contributed by atoms with van der Waals surface area (Å²) in [7, 11) is 1.52. The summed E-state index contributed by atoms with van der Waals surface area (Å²) in [5.41, 5.74) is 3.28. The van der Waals surface area contributed by atoms with Crippen molar-refractivity contribution in [2.75, 3.05) is 20.3 Å². The van der Waals surface area contributed by atoms with Gasteiger partial charge in [0.1, 0.15) is 18.2 Å². The third kappa shape index (κ3) is 5.41. The summed E-state index contributed by atoms with van der Waals surface area (Å²) < 4.78 is 11.7. The largest absolute Gasteiger partial charge is 0.459 e. The molecule has 0 N–H and O–H groups in total. The van der Waals surface area contributed by atoms with E-state index in [1.54, 1.807) is 4.68 Å². The summed E-state index contributed by atoms with van der Waals surface area (Å²) >= 11 is 0. The molecule has 29 heavy (non-hydrogen) atoms. The Balaban J connectivity index is 1.95. The molecule has 0 unspecified atom stereocenters. The number of ether oxygens (including phenoxy) is 2. The van der Waals surface area contributed by atoms with Crippen molar-refractivity contribution in [3.8, 4) is 17.3 Å². The Hall–Kier alpha value is -3.69. The quantitative estimate of drug-likeness (QED) is 0.255. The highest BCUT2D eigenvalue weighted by atomic mass is 16.6. The van der Waals surface area contributed by atoms with Crippen molar-refractivity contribution in [2.45, 2.75) is 6.54 Å². The minimum Gasteiger partial charge on any atom is -0.459 e. The molecular formula is C23H21N3O3. The fourth-order valence-corrected chi connectivity index (χ4v) is 2.80. The molecular weight excluding hydrogens is 366 g/mol. The lowest BCUT2D eigenvalue weighted by atomic mass is 10.1. The zero-order valence-electron chi connectivity index (χ0n) is 16.1. The maximum absolute atomic E-state index is 12.2. The van der Waals surface area contributed by atoms with Gasteiger partial charge in [-0.25, -0.2) is 4.79 Å². The summed E-state index contributed by atoms with van der Waals surface area (Å²) in [5.74, 6) is -0.681. The highest BCUT2D eigenvalue weighted by molar-refractivity contribution is 5.98. The molecule has 0 atom stereocenters. The van der Waals surface area contributed by atoms with Crippen molar-refractivity contribution in [2.24, 2.45) is 0 Å². The van der Waals surface area contributed by atoms with E-state index < -0.39 is 5.97 Å². The summed E-state index contributed by atoms with van der Waals surface area (Å²) in [6.45, 7) is 0.941. The molecule has 6 nitrogen and oxygen atoms in total. The molecule has 1 heterocycles. The third-order valence-corrected chi connectivity index (χ3v) is 4.19. The molecule has 0 saturated carbocycles. The van der Waals surface area contributed by atoms with Crippen molar-refractivity contribution in [3.05, 3.63) is 83.6 Å². The first-order valence-electron chi connectivity index (χ1n) is 9.16. The lowest BCUT2D eigenvalue weighted by Gasteiger charge is -2.03. The minimum absolute atomic E-state index is 0.0856. The van der Waals surface area contributed by atoms with E-state index in [9.17, 15) is 10.1 Å². The fourth-order valence-electron chi connectivity index (χ4n) is 2.80. The Morgan fingerprint density at radius 1 is 1.10 bits per heavy atom. The maximum Gasteiger partial charge on any atom is 0.348 e. The average Bonchev–Trinajstić information content (AvgIpc) is 3.15. The lowest BCUT2D eigenvalue weighted by molar-refractivity contribution is -0.139. The van der Waals surface area contributed by atoms with Crippen LogP contribution >= 0.6 is 0 Å². The van der Waals surface area contributed by atoms with Crippen LogP contribution < -0.4 is 0 Å². The molecule has 0 fully saturated rings. The van der Waals surface area contributed by atoms with Crippen LogP contribution in [0.1, 0.15) is 11.1 Å². The van der Waals surface area contributed by atoms with Crippen molar-refractivity contribution >= 4 is 12.0 Å². The van der Waals surface area contributed by atoms with E-state index in [0.29, 0.717) is 17.8 Å². The van der Waals surface area contributed by atoms with E-state index in [2.05, 4.69) is 5.10 Å². The van der Waals surface area contributed by atoms with Crippen LogP contribution in [0, 0.1) is 11.3 Å². The molecule has 3 rings (SSSR count). The molecule has 0 bridgehead atoms. The Bertz CT molecular complexity index is 1020. The Labute approximate surface area is 169 Å². The number of hydrogen-bond donors (Lipinski definition) is 0. The summed E-state index contributed by atoms with van der Waals surface area (Å²) in [6, 6.07) is 21.5. The Morgan fingerprint density at radius 2 is 1.79 bits per heavy atom. The van der Waals surface area contributed by atoms with E-state index in [4.69, 9.17) is 9.47 Å². The highest BCUT2D eigenvalue weighted by Crippen LogP contribution is 2.24. The van der Waals surface area contributed by atoms with Gasteiger partial charge in [-0.05, 0) is 11.6 Å². The second kappa shape index (κ2) is 10.0. The van der Waals surface area contributed by atoms with E-state index in [-0.39, 0.29) is 18.8 Å². The van der Waals surface area contributed by atoms with Gasteiger partial charge in [0.05, 0.1) is 18.8 Å². The third-order valence-electron chi connectivity index (χ3n) is 4.19. The first-order chi connectivity index (χ1) is 14.2. The van der Waals surface area contributed by atoms with E-state index in [0.717, 1.165) is 11.1 Å². The smallest absolute Gasteiger partial charge is 0.348 e. The Kier molecular flexibility index (Phi) is 6.93. The molecule has 0 saturated heterocycles. The number of carbonyl (C=O) groups excluding carboxylic acids is 1. The molecule has 0 radical (unpaired) electrons.